The van der Waals surface area contributed by atoms with Gasteiger partial charge in [0.2, 0.25) is 0 Å². The second-order valence-corrected chi connectivity index (χ2v) is 8.51. The average molecular weight is 398 g/mol. The molecule has 0 spiro atoms. The molecule has 156 valence electrons. The maximum atomic E-state index is 12.6. The molecule has 1 aromatic heterocycles. The van der Waals surface area contributed by atoms with Gasteiger partial charge in [-0.15, -0.1) is 0 Å². The van der Waals surface area contributed by atoms with Gasteiger partial charge in [0.05, 0.1) is 18.1 Å². The van der Waals surface area contributed by atoms with Crippen LogP contribution in [0.15, 0.2) is 35.3 Å². The molecule has 2 heterocycles. The number of hydrogen-bond donors (Lipinski definition) is 2. The van der Waals surface area contributed by atoms with Crippen molar-refractivity contribution in [1.29, 1.82) is 0 Å². The molecule has 1 aliphatic heterocycles. The number of rotatable bonds is 5. The number of fused-ring (bicyclic) bond motifs is 1. The van der Waals surface area contributed by atoms with Crippen molar-refractivity contribution in [2.75, 3.05) is 13.1 Å². The molecule has 4 rings (SSSR count). The Morgan fingerprint density at radius 1 is 1.21 bits per heavy atom. The minimum atomic E-state index is -0.197. The van der Waals surface area contributed by atoms with Crippen molar-refractivity contribution in [3.8, 4) is 0 Å². The molecule has 0 bridgehead atoms. The summed E-state index contributed by atoms with van der Waals surface area (Å²) in [6, 6.07) is 7.95. The van der Waals surface area contributed by atoms with Gasteiger partial charge >= 0.3 is 6.03 Å². The number of carbonyl (C=O) groups is 1. The molecule has 1 saturated heterocycles. The van der Waals surface area contributed by atoms with E-state index in [1.54, 1.807) is 12.3 Å². The molecule has 2 unspecified atom stereocenters. The Labute approximate surface area is 171 Å². The van der Waals surface area contributed by atoms with E-state index in [1.807, 2.05) is 25.1 Å². The van der Waals surface area contributed by atoms with E-state index in [4.69, 9.17) is 0 Å². The highest BCUT2D eigenvalue weighted by atomic mass is 16.2. The van der Waals surface area contributed by atoms with E-state index in [-0.39, 0.29) is 23.7 Å². The van der Waals surface area contributed by atoms with Gasteiger partial charge < -0.3 is 10.6 Å². The topological polar surface area (TPSA) is 79.3 Å². The lowest BCUT2D eigenvalue weighted by molar-refractivity contribution is 0.186. The van der Waals surface area contributed by atoms with Gasteiger partial charge in [-0.25, -0.2) is 9.48 Å². The molecule has 2 amide bonds. The van der Waals surface area contributed by atoms with Gasteiger partial charge in [-0.05, 0) is 32.3 Å². The maximum Gasteiger partial charge on any atom is 0.315 e. The fourth-order valence-electron chi connectivity index (χ4n) is 4.70. The number of hydrogen-bond acceptors (Lipinski definition) is 4. The van der Waals surface area contributed by atoms with E-state index in [0.29, 0.717) is 18.0 Å². The van der Waals surface area contributed by atoms with Gasteiger partial charge in [-0.3, -0.25) is 9.69 Å². The summed E-state index contributed by atoms with van der Waals surface area (Å²) in [5, 5.41) is 11.8. The highest BCUT2D eigenvalue weighted by molar-refractivity contribution is 5.80. The summed E-state index contributed by atoms with van der Waals surface area (Å²) in [4.78, 5) is 27.6. The number of likely N-dealkylation sites (tertiary alicyclic amines) is 1. The Balaban J connectivity index is 1.28. The van der Waals surface area contributed by atoms with Gasteiger partial charge in [-0.2, -0.15) is 5.10 Å². The minimum Gasteiger partial charge on any atom is -0.334 e. The van der Waals surface area contributed by atoms with Crippen LogP contribution in [0.1, 0.15) is 45.4 Å². The lowest BCUT2D eigenvalue weighted by Gasteiger charge is -2.31. The number of amides is 2. The molecule has 2 atom stereocenters. The van der Waals surface area contributed by atoms with Crippen molar-refractivity contribution in [2.24, 2.45) is 0 Å². The van der Waals surface area contributed by atoms with Crippen LogP contribution >= 0.6 is 0 Å². The van der Waals surface area contributed by atoms with E-state index in [2.05, 4.69) is 20.6 Å². The first kappa shape index (κ1) is 19.9. The van der Waals surface area contributed by atoms with Crippen LogP contribution in [0.5, 0.6) is 0 Å². The van der Waals surface area contributed by atoms with Gasteiger partial charge in [0.1, 0.15) is 0 Å². The van der Waals surface area contributed by atoms with E-state index in [1.165, 1.54) is 36.8 Å². The number of carbonyl (C=O) groups excluding carboxylic acids is 1. The first-order valence-electron chi connectivity index (χ1n) is 10.9. The third kappa shape index (κ3) is 4.78. The van der Waals surface area contributed by atoms with Crippen molar-refractivity contribution in [3.05, 3.63) is 40.8 Å². The normalized spacial score (nSPS) is 21.9. The van der Waals surface area contributed by atoms with Crippen molar-refractivity contribution < 1.29 is 4.79 Å². The summed E-state index contributed by atoms with van der Waals surface area (Å²) in [5.74, 6) is 0. The van der Waals surface area contributed by atoms with E-state index >= 15 is 0 Å². The molecule has 7 nitrogen and oxygen atoms in total. The summed E-state index contributed by atoms with van der Waals surface area (Å²) in [6.07, 6.45) is 9.32. The van der Waals surface area contributed by atoms with Gasteiger partial charge in [-0.1, -0.05) is 37.5 Å². The maximum absolute atomic E-state index is 12.6. The highest BCUT2D eigenvalue weighted by Gasteiger charge is 2.29. The Hall–Kier alpha value is -2.41. The zero-order valence-electron chi connectivity index (χ0n) is 17.1. The molecular formula is C22H31N5O2. The van der Waals surface area contributed by atoms with Crippen molar-refractivity contribution >= 4 is 16.8 Å². The number of aromatic nitrogens is 2. The van der Waals surface area contributed by atoms with Crippen LogP contribution in [0.3, 0.4) is 0 Å². The molecule has 1 aliphatic carbocycles. The molecule has 2 N–H and O–H groups in total. The first-order valence-corrected chi connectivity index (χ1v) is 10.9. The van der Waals surface area contributed by atoms with Gasteiger partial charge in [0.25, 0.3) is 5.56 Å². The van der Waals surface area contributed by atoms with Crippen LogP contribution in [0.4, 0.5) is 4.79 Å². The Bertz CT molecular complexity index is 905. The summed E-state index contributed by atoms with van der Waals surface area (Å²) in [6.45, 7) is 4.25. The molecule has 0 radical (unpaired) electrons. The second kappa shape index (κ2) is 8.95. The third-order valence-corrected chi connectivity index (χ3v) is 6.23. The number of nitrogens with zero attached hydrogens (tertiary/aromatic N) is 3. The van der Waals surface area contributed by atoms with E-state index < -0.39 is 0 Å². The van der Waals surface area contributed by atoms with Crippen LogP contribution in [-0.2, 0) is 6.54 Å². The quantitative estimate of drug-likeness (QED) is 0.812. The van der Waals surface area contributed by atoms with E-state index in [0.717, 1.165) is 24.9 Å². The Morgan fingerprint density at radius 3 is 2.83 bits per heavy atom. The predicted molar refractivity (Wildman–Crippen MR) is 114 cm³/mol. The second-order valence-electron chi connectivity index (χ2n) is 8.51. The lowest BCUT2D eigenvalue weighted by atomic mass is 9.94. The van der Waals surface area contributed by atoms with Crippen molar-refractivity contribution in [3.63, 3.8) is 0 Å². The van der Waals surface area contributed by atoms with Crippen LogP contribution in [-0.4, -0.2) is 51.9 Å². The fourth-order valence-corrected chi connectivity index (χ4v) is 4.70. The molecule has 1 saturated carbocycles. The Kier molecular flexibility index (Phi) is 6.13. The molecule has 29 heavy (non-hydrogen) atoms. The molecular weight excluding hydrogens is 366 g/mol. The Morgan fingerprint density at radius 2 is 2.00 bits per heavy atom. The van der Waals surface area contributed by atoms with E-state index in [9.17, 15) is 9.59 Å². The van der Waals surface area contributed by atoms with Crippen LogP contribution in [0.25, 0.3) is 10.8 Å². The predicted octanol–water partition coefficient (Wildman–Crippen LogP) is 2.49. The summed E-state index contributed by atoms with van der Waals surface area (Å²) < 4.78 is 1.42. The van der Waals surface area contributed by atoms with Crippen LogP contribution in [0, 0.1) is 0 Å². The lowest BCUT2D eigenvalue weighted by Crippen LogP contribution is -2.48. The highest BCUT2D eigenvalue weighted by Crippen LogP contribution is 2.25. The number of urea groups is 1. The number of nitrogens with one attached hydrogen (secondary N) is 2. The monoisotopic (exact) mass is 397 g/mol. The molecule has 2 aromatic rings. The van der Waals surface area contributed by atoms with Gasteiger partial charge in [0.15, 0.2) is 0 Å². The van der Waals surface area contributed by atoms with Crippen molar-refractivity contribution in [2.45, 2.75) is 70.1 Å². The van der Waals surface area contributed by atoms with Crippen LogP contribution < -0.4 is 16.2 Å². The average Bonchev–Trinajstić information content (AvgIpc) is 3.19. The first-order chi connectivity index (χ1) is 14.1. The summed E-state index contributed by atoms with van der Waals surface area (Å²) >= 11 is 0. The molecule has 2 fully saturated rings. The fraction of sp³-hybridized carbons (Fsp3) is 0.591. The molecule has 1 aromatic carbocycles. The van der Waals surface area contributed by atoms with Gasteiger partial charge in [0, 0.05) is 36.6 Å². The van der Waals surface area contributed by atoms with Crippen molar-refractivity contribution in [1.82, 2.24) is 25.3 Å². The zero-order chi connectivity index (χ0) is 20.2. The largest absolute Gasteiger partial charge is 0.334 e. The molecule has 2 aliphatic rings. The molecule has 7 heteroatoms. The smallest absolute Gasteiger partial charge is 0.315 e. The van der Waals surface area contributed by atoms with Crippen LogP contribution in [0.2, 0.25) is 0 Å². The zero-order valence-corrected chi connectivity index (χ0v) is 17.1. The third-order valence-electron chi connectivity index (χ3n) is 6.23. The summed E-state index contributed by atoms with van der Waals surface area (Å²) in [7, 11) is 0. The number of benzene rings is 1. The summed E-state index contributed by atoms with van der Waals surface area (Å²) in [5.41, 5.74) is -0.129. The SMILES string of the molecule is CC(Cn1ncc2ccccc2c1=O)NC(=O)NC1CCN(C2CCCCC2)C1. The standard InChI is InChI=1S/C22H31N5O2/c1-16(14-27-21(28)20-10-6-5-7-17(20)13-23-27)24-22(29)25-18-11-12-26(15-18)19-8-3-2-4-9-19/h5-7,10,13,16,18-19H,2-4,8-9,11-12,14-15H2,1H3,(H2,24,25,29). The minimum absolute atomic E-state index is 0.129.